The third-order valence-electron chi connectivity index (χ3n) is 7.33. The molecule has 4 aromatic rings. The van der Waals surface area contributed by atoms with Crippen LogP contribution in [0.1, 0.15) is 66.8 Å². The molecule has 0 aliphatic rings. The zero-order chi connectivity index (χ0) is 27.9. The molecule has 2 unspecified atom stereocenters. The number of carbonyl (C=O) groups is 1. The maximum absolute atomic E-state index is 14.0. The highest BCUT2D eigenvalue weighted by molar-refractivity contribution is 5.94. The monoisotopic (exact) mass is 525 g/mol. The van der Waals surface area contributed by atoms with Gasteiger partial charge in [-0.15, -0.1) is 0 Å². The molecule has 2 aromatic heterocycles. The van der Waals surface area contributed by atoms with Crippen molar-refractivity contribution in [3.63, 3.8) is 0 Å². The Morgan fingerprint density at radius 1 is 1.03 bits per heavy atom. The van der Waals surface area contributed by atoms with Gasteiger partial charge in [0.1, 0.15) is 5.82 Å². The standard InChI is InChI=1S/C32H39N5O2/c1-5-26(28(22(2)3)36(20-10-18-33)31(38)25-16-14-23(4)15-17-25)30-35-29-27(13-9-19-34-29)32(39)37(30)21-24-11-7-6-8-12-24/h6-9,11-17,19,22,26,28H,5,10,18,20-21,33H2,1-4H3. The summed E-state index contributed by atoms with van der Waals surface area (Å²) in [4.78, 5) is 39.3. The Hall–Kier alpha value is -3.84. The zero-order valence-electron chi connectivity index (χ0n) is 23.4. The Balaban J connectivity index is 1.88. The van der Waals surface area contributed by atoms with Gasteiger partial charge in [-0.25, -0.2) is 9.97 Å². The van der Waals surface area contributed by atoms with Crippen LogP contribution in [0.4, 0.5) is 0 Å². The smallest absolute Gasteiger partial charge is 0.263 e. The summed E-state index contributed by atoms with van der Waals surface area (Å²) in [7, 11) is 0. The van der Waals surface area contributed by atoms with Crippen LogP contribution in [0.15, 0.2) is 77.7 Å². The first-order chi connectivity index (χ1) is 18.8. The van der Waals surface area contributed by atoms with Crippen LogP contribution in [-0.2, 0) is 6.54 Å². The summed E-state index contributed by atoms with van der Waals surface area (Å²) >= 11 is 0. The minimum atomic E-state index is -0.203. The van der Waals surface area contributed by atoms with Crippen LogP contribution in [0.2, 0.25) is 0 Å². The second-order valence-corrected chi connectivity index (χ2v) is 10.5. The number of aromatic nitrogens is 3. The Bertz CT molecular complexity index is 1450. The number of fused-ring (bicyclic) bond motifs is 1. The Morgan fingerprint density at radius 2 is 1.74 bits per heavy atom. The van der Waals surface area contributed by atoms with Gasteiger partial charge in [0.05, 0.1) is 11.9 Å². The molecule has 4 rings (SSSR count). The molecule has 1 amide bonds. The molecule has 39 heavy (non-hydrogen) atoms. The molecule has 7 heteroatoms. The van der Waals surface area contributed by atoms with E-state index in [2.05, 4.69) is 25.8 Å². The third-order valence-corrected chi connectivity index (χ3v) is 7.33. The molecule has 2 aromatic carbocycles. The molecule has 2 heterocycles. The van der Waals surface area contributed by atoms with Crippen molar-refractivity contribution in [3.8, 4) is 0 Å². The number of hydrogen-bond donors (Lipinski definition) is 1. The molecule has 2 N–H and O–H groups in total. The first-order valence-electron chi connectivity index (χ1n) is 13.8. The van der Waals surface area contributed by atoms with E-state index in [1.54, 1.807) is 22.9 Å². The Kier molecular flexibility index (Phi) is 9.25. The van der Waals surface area contributed by atoms with E-state index >= 15 is 0 Å². The van der Waals surface area contributed by atoms with E-state index < -0.39 is 0 Å². The fraction of sp³-hybridized carbons (Fsp3) is 0.375. The van der Waals surface area contributed by atoms with Gasteiger partial charge >= 0.3 is 0 Å². The lowest BCUT2D eigenvalue weighted by atomic mass is 9.85. The second-order valence-electron chi connectivity index (χ2n) is 10.5. The molecule has 204 valence electrons. The van der Waals surface area contributed by atoms with E-state index in [-0.39, 0.29) is 29.3 Å². The first kappa shape index (κ1) is 28.2. The average Bonchev–Trinajstić information content (AvgIpc) is 2.95. The molecular weight excluding hydrogens is 486 g/mol. The van der Waals surface area contributed by atoms with Crippen molar-refractivity contribution in [1.29, 1.82) is 0 Å². The van der Waals surface area contributed by atoms with Crippen molar-refractivity contribution >= 4 is 16.9 Å². The van der Waals surface area contributed by atoms with Crippen molar-refractivity contribution in [1.82, 2.24) is 19.4 Å². The molecule has 7 nitrogen and oxygen atoms in total. The lowest BCUT2D eigenvalue weighted by Gasteiger charge is -2.40. The lowest BCUT2D eigenvalue weighted by molar-refractivity contribution is 0.0569. The normalized spacial score (nSPS) is 13.0. The van der Waals surface area contributed by atoms with Crippen LogP contribution in [0.25, 0.3) is 11.0 Å². The van der Waals surface area contributed by atoms with Gasteiger partial charge in [0.15, 0.2) is 5.65 Å². The number of nitrogens with two attached hydrogens (primary N) is 1. The van der Waals surface area contributed by atoms with E-state index in [0.29, 0.717) is 54.9 Å². The molecule has 0 aliphatic heterocycles. The van der Waals surface area contributed by atoms with Gasteiger partial charge < -0.3 is 10.6 Å². The number of aryl methyl sites for hydroxylation is 1. The van der Waals surface area contributed by atoms with Crippen LogP contribution in [0.5, 0.6) is 0 Å². The summed E-state index contributed by atoms with van der Waals surface area (Å²) in [5.74, 6) is 0.533. The van der Waals surface area contributed by atoms with Gasteiger partial charge in [-0.2, -0.15) is 0 Å². The SMILES string of the molecule is CCC(c1nc2ncccc2c(=O)n1Cc1ccccc1)C(C(C)C)N(CCCN)C(=O)c1ccc(C)cc1. The van der Waals surface area contributed by atoms with Crippen LogP contribution >= 0.6 is 0 Å². The number of carbonyl (C=O) groups excluding carboxylic acids is 1. The predicted molar refractivity (Wildman–Crippen MR) is 157 cm³/mol. The van der Waals surface area contributed by atoms with E-state index in [1.165, 1.54) is 0 Å². The van der Waals surface area contributed by atoms with Crippen LogP contribution in [0, 0.1) is 12.8 Å². The molecule has 0 radical (unpaired) electrons. The van der Waals surface area contributed by atoms with Crippen molar-refractivity contribution < 1.29 is 4.79 Å². The largest absolute Gasteiger partial charge is 0.335 e. The number of pyridine rings is 1. The van der Waals surface area contributed by atoms with Crippen LogP contribution < -0.4 is 11.3 Å². The van der Waals surface area contributed by atoms with Gasteiger partial charge in [-0.05, 0) is 62.1 Å². The van der Waals surface area contributed by atoms with Gasteiger partial charge in [0.25, 0.3) is 11.5 Å². The van der Waals surface area contributed by atoms with E-state index in [9.17, 15) is 9.59 Å². The van der Waals surface area contributed by atoms with Crippen LogP contribution in [0.3, 0.4) is 0 Å². The highest BCUT2D eigenvalue weighted by Gasteiger charge is 2.36. The van der Waals surface area contributed by atoms with Crippen molar-refractivity contribution in [2.24, 2.45) is 11.7 Å². The molecule has 0 saturated carbocycles. The van der Waals surface area contributed by atoms with E-state index in [1.807, 2.05) is 66.4 Å². The fourth-order valence-corrected chi connectivity index (χ4v) is 5.40. The number of nitrogens with zero attached hydrogens (tertiary/aromatic N) is 4. The van der Waals surface area contributed by atoms with E-state index in [0.717, 1.165) is 11.1 Å². The maximum atomic E-state index is 14.0. The van der Waals surface area contributed by atoms with Crippen molar-refractivity contribution in [2.75, 3.05) is 13.1 Å². The van der Waals surface area contributed by atoms with Gasteiger partial charge in [0, 0.05) is 30.3 Å². The van der Waals surface area contributed by atoms with Crippen molar-refractivity contribution in [3.05, 3.63) is 106 Å². The Labute approximate surface area is 230 Å². The highest BCUT2D eigenvalue weighted by Crippen LogP contribution is 2.32. The topological polar surface area (TPSA) is 94.1 Å². The first-order valence-corrected chi connectivity index (χ1v) is 13.8. The molecule has 0 saturated heterocycles. The number of amides is 1. The van der Waals surface area contributed by atoms with E-state index in [4.69, 9.17) is 10.7 Å². The lowest BCUT2D eigenvalue weighted by Crippen LogP contribution is -2.48. The van der Waals surface area contributed by atoms with Gasteiger partial charge in [0.2, 0.25) is 0 Å². The molecule has 2 atom stereocenters. The second kappa shape index (κ2) is 12.8. The zero-order valence-corrected chi connectivity index (χ0v) is 23.4. The molecule has 0 aliphatic carbocycles. The molecule has 0 bridgehead atoms. The van der Waals surface area contributed by atoms with Gasteiger partial charge in [-0.3, -0.25) is 14.2 Å². The molecular formula is C32H39N5O2. The summed E-state index contributed by atoms with van der Waals surface area (Å²) in [5, 5.41) is 0.490. The predicted octanol–water partition coefficient (Wildman–Crippen LogP) is 5.16. The molecule has 0 spiro atoms. The molecule has 0 fully saturated rings. The highest BCUT2D eigenvalue weighted by atomic mass is 16.2. The third kappa shape index (κ3) is 6.25. The number of benzene rings is 2. The minimum Gasteiger partial charge on any atom is -0.335 e. The maximum Gasteiger partial charge on any atom is 0.263 e. The summed E-state index contributed by atoms with van der Waals surface area (Å²) in [6.45, 7) is 9.76. The van der Waals surface area contributed by atoms with Gasteiger partial charge in [-0.1, -0.05) is 68.8 Å². The quantitative estimate of drug-likeness (QED) is 0.292. The van der Waals surface area contributed by atoms with Crippen molar-refractivity contribution in [2.45, 2.75) is 59.0 Å². The minimum absolute atomic E-state index is 0.0310. The Morgan fingerprint density at radius 3 is 2.38 bits per heavy atom. The van der Waals surface area contributed by atoms with Crippen LogP contribution in [-0.4, -0.2) is 44.5 Å². The summed E-state index contributed by atoms with van der Waals surface area (Å²) in [6, 6.07) is 21.0. The summed E-state index contributed by atoms with van der Waals surface area (Å²) < 4.78 is 1.78. The summed E-state index contributed by atoms with van der Waals surface area (Å²) in [6.07, 6.45) is 3.04. The number of rotatable bonds is 11. The average molecular weight is 526 g/mol. The number of hydrogen-bond acceptors (Lipinski definition) is 5. The fourth-order valence-electron chi connectivity index (χ4n) is 5.40. The summed E-state index contributed by atoms with van der Waals surface area (Å²) in [5.41, 5.74) is 8.99.